The largest absolute Gasteiger partial charge is 0.493 e. The average molecular weight is 308 g/mol. The van der Waals surface area contributed by atoms with Crippen molar-refractivity contribution in [1.82, 2.24) is 10.6 Å². The molecule has 0 atom stereocenters. The highest BCUT2D eigenvalue weighted by molar-refractivity contribution is 5.75. The smallest absolute Gasteiger partial charge is 0.315 e. The minimum atomic E-state index is -0.512. The van der Waals surface area contributed by atoms with Crippen molar-refractivity contribution in [3.05, 3.63) is 23.8 Å². The molecule has 2 amide bonds. The highest BCUT2D eigenvalue weighted by atomic mass is 16.5. The first-order valence-corrected chi connectivity index (χ1v) is 7.58. The standard InChI is InChI=1S/C17H28N2O3/c1-12(2)9-10-18-16(20)19-17(3,4)13-7-8-14(21-5)15(11-13)22-6/h7-8,11-12H,9-10H2,1-6H3,(H2,18,19,20). The molecule has 2 N–H and O–H groups in total. The highest BCUT2D eigenvalue weighted by Gasteiger charge is 2.24. The molecule has 1 aromatic rings. The maximum atomic E-state index is 12.0. The van der Waals surface area contributed by atoms with E-state index < -0.39 is 5.54 Å². The molecule has 0 aliphatic heterocycles. The number of carbonyl (C=O) groups excluding carboxylic acids is 1. The van der Waals surface area contributed by atoms with Crippen LogP contribution in [-0.4, -0.2) is 26.8 Å². The summed E-state index contributed by atoms with van der Waals surface area (Å²) in [6.45, 7) is 8.85. The lowest BCUT2D eigenvalue weighted by Crippen LogP contribution is -2.46. The van der Waals surface area contributed by atoms with Crippen molar-refractivity contribution in [2.75, 3.05) is 20.8 Å². The quantitative estimate of drug-likeness (QED) is 0.812. The van der Waals surface area contributed by atoms with Crippen LogP contribution >= 0.6 is 0 Å². The fourth-order valence-electron chi connectivity index (χ4n) is 2.10. The first kappa shape index (κ1) is 18.1. The summed E-state index contributed by atoms with van der Waals surface area (Å²) in [6, 6.07) is 5.48. The second-order valence-electron chi connectivity index (χ2n) is 6.26. The van der Waals surface area contributed by atoms with Crippen LogP contribution in [0.1, 0.15) is 39.7 Å². The summed E-state index contributed by atoms with van der Waals surface area (Å²) in [4.78, 5) is 12.0. The monoisotopic (exact) mass is 308 g/mol. The van der Waals surface area contributed by atoms with Crippen molar-refractivity contribution < 1.29 is 14.3 Å². The van der Waals surface area contributed by atoms with E-state index in [4.69, 9.17) is 9.47 Å². The van der Waals surface area contributed by atoms with Gasteiger partial charge in [0.15, 0.2) is 11.5 Å². The molecule has 1 rings (SSSR count). The van der Waals surface area contributed by atoms with E-state index in [0.717, 1.165) is 12.0 Å². The summed E-state index contributed by atoms with van der Waals surface area (Å²) in [7, 11) is 3.20. The van der Waals surface area contributed by atoms with Crippen LogP contribution in [0.5, 0.6) is 11.5 Å². The number of amides is 2. The maximum Gasteiger partial charge on any atom is 0.315 e. The Labute approximate surface area is 133 Å². The van der Waals surface area contributed by atoms with Gasteiger partial charge >= 0.3 is 6.03 Å². The molecule has 0 spiro atoms. The molecule has 1 aromatic carbocycles. The molecule has 0 saturated carbocycles. The zero-order valence-electron chi connectivity index (χ0n) is 14.4. The van der Waals surface area contributed by atoms with E-state index in [-0.39, 0.29) is 6.03 Å². The molecule has 0 saturated heterocycles. The van der Waals surface area contributed by atoms with E-state index in [1.165, 1.54) is 0 Å². The summed E-state index contributed by atoms with van der Waals surface area (Å²) < 4.78 is 10.6. The van der Waals surface area contributed by atoms with Gasteiger partial charge in [-0.05, 0) is 43.9 Å². The van der Waals surface area contributed by atoms with Crippen molar-refractivity contribution in [1.29, 1.82) is 0 Å². The van der Waals surface area contributed by atoms with Gasteiger partial charge in [0.25, 0.3) is 0 Å². The van der Waals surface area contributed by atoms with E-state index >= 15 is 0 Å². The number of urea groups is 1. The van der Waals surface area contributed by atoms with Crippen LogP contribution in [0.15, 0.2) is 18.2 Å². The summed E-state index contributed by atoms with van der Waals surface area (Å²) in [6.07, 6.45) is 0.963. The third-order valence-corrected chi connectivity index (χ3v) is 3.54. The molecule has 0 fully saturated rings. The van der Waals surface area contributed by atoms with Gasteiger partial charge in [0.2, 0.25) is 0 Å². The minimum absolute atomic E-state index is 0.166. The second-order valence-corrected chi connectivity index (χ2v) is 6.26. The fourth-order valence-corrected chi connectivity index (χ4v) is 2.10. The first-order valence-electron chi connectivity index (χ1n) is 7.58. The van der Waals surface area contributed by atoms with E-state index in [2.05, 4.69) is 24.5 Å². The van der Waals surface area contributed by atoms with Crippen molar-refractivity contribution in [2.24, 2.45) is 5.92 Å². The summed E-state index contributed by atoms with van der Waals surface area (Å²) in [5.74, 6) is 1.89. The third kappa shape index (κ3) is 5.13. The molecule has 0 radical (unpaired) electrons. The van der Waals surface area contributed by atoms with E-state index in [1.54, 1.807) is 14.2 Å². The molecular formula is C17H28N2O3. The lowest BCUT2D eigenvalue weighted by atomic mass is 9.94. The Hall–Kier alpha value is -1.91. The third-order valence-electron chi connectivity index (χ3n) is 3.54. The molecular weight excluding hydrogens is 280 g/mol. The Morgan fingerprint density at radius 1 is 1.18 bits per heavy atom. The van der Waals surface area contributed by atoms with Crippen molar-refractivity contribution in [3.8, 4) is 11.5 Å². The van der Waals surface area contributed by atoms with Crippen LogP contribution in [0.3, 0.4) is 0 Å². The topological polar surface area (TPSA) is 59.6 Å². The van der Waals surface area contributed by atoms with Crippen LogP contribution in [0.25, 0.3) is 0 Å². The predicted molar refractivity (Wildman–Crippen MR) is 88.6 cm³/mol. The summed E-state index contributed by atoms with van der Waals surface area (Å²) >= 11 is 0. The average Bonchev–Trinajstić information content (AvgIpc) is 2.45. The molecule has 0 unspecified atom stereocenters. The minimum Gasteiger partial charge on any atom is -0.493 e. The number of methoxy groups -OCH3 is 2. The Bertz CT molecular complexity index is 499. The molecule has 5 nitrogen and oxygen atoms in total. The van der Waals surface area contributed by atoms with Crippen LogP contribution in [0, 0.1) is 5.92 Å². The van der Waals surface area contributed by atoms with Gasteiger partial charge < -0.3 is 20.1 Å². The van der Waals surface area contributed by atoms with E-state index in [1.807, 2.05) is 32.0 Å². The number of rotatable bonds is 7. The van der Waals surface area contributed by atoms with Gasteiger partial charge in [-0.2, -0.15) is 0 Å². The molecule has 0 heterocycles. The van der Waals surface area contributed by atoms with Crippen molar-refractivity contribution in [2.45, 2.75) is 39.7 Å². The lowest BCUT2D eigenvalue weighted by Gasteiger charge is -2.28. The highest BCUT2D eigenvalue weighted by Crippen LogP contribution is 2.31. The number of hydrogen-bond donors (Lipinski definition) is 2. The Balaban J connectivity index is 2.74. The molecule has 124 valence electrons. The summed E-state index contributed by atoms with van der Waals surface area (Å²) in [5, 5.41) is 5.87. The Kier molecular flexibility index (Phi) is 6.53. The number of hydrogen-bond acceptors (Lipinski definition) is 3. The van der Waals surface area contributed by atoms with Crippen LogP contribution < -0.4 is 20.1 Å². The molecule has 22 heavy (non-hydrogen) atoms. The van der Waals surface area contributed by atoms with E-state index in [0.29, 0.717) is 24.0 Å². The molecule has 0 aromatic heterocycles. The molecule has 0 bridgehead atoms. The van der Waals surface area contributed by atoms with Crippen LogP contribution in [-0.2, 0) is 5.54 Å². The second kappa shape index (κ2) is 7.92. The SMILES string of the molecule is COc1ccc(C(C)(C)NC(=O)NCCC(C)C)cc1OC. The predicted octanol–water partition coefficient (Wildman–Crippen LogP) is 3.28. The summed E-state index contributed by atoms with van der Waals surface area (Å²) in [5.41, 5.74) is 0.436. The maximum absolute atomic E-state index is 12.0. The van der Waals surface area contributed by atoms with Gasteiger partial charge in [-0.1, -0.05) is 19.9 Å². The van der Waals surface area contributed by atoms with Gasteiger partial charge in [0, 0.05) is 6.54 Å². The van der Waals surface area contributed by atoms with Crippen molar-refractivity contribution in [3.63, 3.8) is 0 Å². The van der Waals surface area contributed by atoms with Gasteiger partial charge in [-0.15, -0.1) is 0 Å². The number of carbonyl (C=O) groups is 1. The number of benzene rings is 1. The van der Waals surface area contributed by atoms with Crippen LogP contribution in [0.4, 0.5) is 4.79 Å². The Morgan fingerprint density at radius 3 is 2.36 bits per heavy atom. The first-order chi connectivity index (χ1) is 10.3. The van der Waals surface area contributed by atoms with Gasteiger partial charge in [-0.25, -0.2) is 4.79 Å². The molecule has 5 heteroatoms. The number of ether oxygens (including phenoxy) is 2. The van der Waals surface area contributed by atoms with Crippen LogP contribution in [0.2, 0.25) is 0 Å². The number of nitrogens with one attached hydrogen (secondary N) is 2. The van der Waals surface area contributed by atoms with Gasteiger partial charge in [-0.3, -0.25) is 0 Å². The fraction of sp³-hybridized carbons (Fsp3) is 0.588. The lowest BCUT2D eigenvalue weighted by molar-refractivity contribution is 0.229. The molecule has 0 aliphatic rings. The van der Waals surface area contributed by atoms with E-state index in [9.17, 15) is 4.79 Å². The zero-order valence-corrected chi connectivity index (χ0v) is 14.4. The van der Waals surface area contributed by atoms with Crippen molar-refractivity contribution >= 4 is 6.03 Å². The zero-order chi connectivity index (χ0) is 16.8. The van der Waals surface area contributed by atoms with Gasteiger partial charge in [0.1, 0.15) is 0 Å². The Morgan fingerprint density at radius 2 is 1.82 bits per heavy atom. The van der Waals surface area contributed by atoms with Gasteiger partial charge in [0.05, 0.1) is 19.8 Å². The molecule has 0 aliphatic carbocycles. The normalized spacial score (nSPS) is 11.2.